The largest absolute Gasteiger partial charge is 0.415 e. The maximum atomic E-state index is 12.4. The number of aryl methyl sites for hydroxylation is 1. The lowest BCUT2D eigenvalue weighted by molar-refractivity contribution is 0.194. The fraction of sp³-hybridized carbons (Fsp3) is 0.452. The molecular weight excluding hydrogens is 504 g/mol. The Bertz CT molecular complexity index is 1420. The molecule has 0 saturated heterocycles. The van der Waals surface area contributed by atoms with E-state index in [9.17, 15) is 4.79 Å². The maximum absolute atomic E-state index is 12.4. The zero-order valence-electron chi connectivity index (χ0n) is 24.7. The lowest BCUT2D eigenvalue weighted by Gasteiger charge is -2.16. The van der Waals surface area contributed by atoms with E-state index in [2.05, 4.69) is 34.6 Å². The van der Waals surface area contributed by atoms with Crippen LogP contribution >= 0.6 is 0 Å². The Morgan fingerprint density at radius 3 is 2.65 bits per heavy atom. The van der Waals surface area contributed by atoms with Crippen LogP contribution in [0.1, 0.15) is 82.1 Å². The Morgan fingerprint density at radius 1 is 1.23 bits per heavy atom. The second-order valence-corrected chi connectivity index (χ2v) is 10.3. The summed E-state index contributed by atoms with van der Waals surface area (Å²) in [7, 11) is 1.71. The first-order valence-corrected chi connectivity index (χ1v) is 13.8. The Labute approximate surface area is 236 Å². The molecular formula is C31H42N6O3. The standard InChI is InChI=1S/C31H42N6O3/c1-8-21(4)16-27(25-11-13-28(38)37(19-25)20(2)3)34-29(23(6)32)31-36-35-30(40-31)26-12-10-24(17-22(26)5)18-33-14-9-15-39-7/h10-13,16-17,19-20,27,32-33H,8-9,14-15,18H2,1-7H3. The first kappa shape index (κ1) is 30.8. The monoisotopic (exact) mass is 546 g/mol. The molecule has 0 aliphatic heterocycles. The quantitative estimate of drug-likeness (QED) is 0.149. The van der Waals surface area contributed by atoms with Gasteiger partial charge in [0.05, 0.1) is 11.8 Å². The van der Waals surface area contributed by atoms with Gasteiger partial charge in [0.15, 0.2) is 0 Å². The van der Waals surface area contributed by atoms with Crippen molar-refractivity contribution >= 4 is 11.4 Å². The molecule has 1 unspecified atom stereocenters. The number of methoxy groups -OCH3 is 1. The third-order valence-electron chi connectivity index (χ3n) is 6.66. The fourth-order valence-corrected chi connectivity index (χ4v) is 4.22. The Balaban J connectivity index is 1.94. The van der Waals surface area contributed by atoms with Crippen molar-refractivity contribution in [2.75, 3.05) is 20.3 Å². The van der Waals surface area contributed by atoms with E-state index in [4.69, 9.17) is 19.6 Å². The van der Waals surface area contributed by atoms with Crippen molar-refractivity contribution in [1.82, 2.24) is 20.1 Å². The van der Waals surface area contributed by atoms with Crippen LogP contribution in [0.2, 0.25) is 0 Å². The number of nitrogens with zero attached hydrogens (tertiary/aromatic N) is 4. The SMILES string of the molecule is CCC(C)=CC(N=C(C(C)=N)c1nnc(-c2ccc(CNCCCOC)cc2C)o1)c1ccc(=O)n(C(C)C)c1. The van der Waals surface area contributed by atoms with E-state index in [1.807, 2.05) is 46.0 Å². The van der Waals surface area contributed by atoms with E-state index in [-0.39, 0.29) is 23.2 Å². The van der Waals surface area contributed by atoms with Crippen molar-refractivity contribution in [3.05, 3.63) is 81.1 Å². The average Bonchev–Trinajstić information content (AvgIpc) is 3.40. The topological polar surface area (TPSA) is 118 Å². The average molecular weight is 547 g/mol. The summed E-state index contributed by atoms with van der Waals surface area (Å²) in [4.78, 5) is 17.3. The van der Waals surface area contributed by atoms with Gasteiger partial charge in [0.2, 0.25) is 5.89 Å². The van der Waals surface area contributed by atoms with Crippen molar-refractivity contribution in [3.63, 3.8) is 0 Å². The molecule has 0 radical (unpaired) electrons. The zero-order valence-corrected chi connectivity index (χ0v) is 24.7. The van der Waals surface area contributed by atoms with Gasteiger partial charge in [0.25, 0.3) is 11.4 Å². The Kier molecular flexibility index (Phi) is 11.3. The van der Waals surface area contributed by atoms with Gasteiger partial charge in [-0.3, -0.25) is 9.79 Å². The summed E-state index contributed by atoms with van der Waals surface area (Å²) in [6.07, 6.45) is 5.72. The number of rotatable bonds is 14. The minimum Gasteiger partial charge on any atom is -0.415 e. The van der Waals surface area contributed by atoms with Crippen LogP contribution in [-0.4, -0.2) is 46.4 Å². The molecule has 9 nitrogen and oxygen atoms in total. The molecule has 0 amide bonds. The summed E-state index contributed by atoms with van der Waals surface area (Å²) in [5, 5.41) is 20.5. The summed E-state index contributed by atoms with van der Waals surface area (Å²) >= 11 is 0. The van der Waals surface area contributed by atoms with Crippen LogP contribution in [0.25, 0.3) is 11.5 Å². The van der Waals surface area contributed by atoms with E-state index in [1.165, 1.54) is 5.56 Å². The number of aliphatic imine (C=N–C) groups is 1. The van der Waals surface area contributed by atoms with Crippen LogP contribution in [0.3, 0.4) is 0 Å². The van der Waals surface area contributed by atoms with Crippen LogP contribution in [0, 0.1) is 12.3 Å². The van der Waals surface area contributed by atoms with Gasteiger partial charge >= 0.3 is 0 Å². The molecule has 0 aliphatic rings. The van der Waals surface area contributed by atoms with Gasteiger partial charge in [0, 0.05) is 44.1 Å². The number of hydrogen-bond donors (Lipinski definition) is 2. The van der Waals surface area contributed by atoms with E-state index >= 15 is 0 Å². The van der Waals surface area contributed by atoms with Gasteiger partial charge in [-0.25, -0.2) is 0 Å². The molecule has 9 heteroatoms. The summed E-state index contributed by atoms with van der Waals surface area (Å²) in [5.74, 6) is 0.571. The van der Waals surface area contributed by atoms with E-state index in [0.29, 0.717) is 11.6 Å². The Morgan fingerprint density at radius 2 is 2.00 bits per heavy atom. The molecule has 0 bridgehead atoms. The van der Waals surface area contributed by atoms with Crippen LogP contribution in [0.5, 0.6) is 0 Å². The lowest BCUT2D eigenvalue weighted by Crippen LogP contribution is -2.21. The predicted molar refractivity (Wildman–Crippen MR) is 160 cm³/mol. The number of hydrogen-bond acceptors (Lipinski definition) is 8. The minimum atomic E-state index is -0.423. The van der Waals surface area contributed by atoms with Gasteiger partial charge in [-0.05, 0) is 82.8 Å². The molecule has 214 valence electrons. The van der Waals surface area contributed by atoms with Crippen molar-refractivity contribution in [1.29, 1.82) is 5.41 Å². The molecule has 3 aromatic rings. The molecule has 0 fully saturated rings. The maximum Gasteiger partial charge on any atom is 0.268 e. The van der Waals surface area contributed by atoms with Gasteiger partial charge in [-0.1, -0.05) is 30.7 Å². The van der Waals surface area contributed by atoms with Crippen molar-refractivity contribution in [3.8, 4) is 11.5 Å². The van der Waals surface area contributed by atoms with Gasteiger partial charge < -0.3 is 24.4 Å². The van der Waals surface area contributed by atoms with E-state index < -0.39 is 6.04 Å². The fourth-order valence-electron chi connectivity index (χ4n) is 4.22. The first-order valence-electron chi connectivity index (χ1n) is 13.8. The van der Waals surface area contributed by atoms with Gasteiger partial charge in [0.1, 0.15) is 5.71 Å². The molecule has 40 heavy (non-hydrogen) atoms. The van der Waals surface area contributed by atoms with Gasteiger partial charge in [-0.2, -0.15) is 0 Å². The molecule has 2 heterocycles. The summed E-state index contributed by atoms with van der Waals surface area (Å²) < 4.78 is 12.9. The first-order chi connectivity index (χ1) is 19.1. The van der Waals surface area contributed by atoms with Crippen molar-refractivity contribution in [2.24, 2.45) is 4.99 Å². The lowest BCUT2D eigenvalue weighted by atomic mass is 10.0. The minimum absolute atomic E-state index is 0.0110. The van der Waals surface area contributed by atoms with Crippen molar-refractivity contribution in [2.45, 2.75) is 73.0 Å². The van der Waals surface area contributed by atoms with Crippen molar-refractivity contribution < 1.29 is 9.15 Å². The van der Waals surface area contributed by atoms with Crippen LogP contribution < -0.4 is 10.9 Å². The number of benzene rings is 1. The normalized spacial score (nSPS) is 13.2. The third kappa shape index (κ3) is 8.16. The number of ether oxygens (including phenoxy) is 1. The van der Waals surface area contributed by atoms with Crippen LogP contribution in [-0.2, 0) is 11.3 Å². The molecule has 0 aliphatic carbocycles. The molecule has 2 aromatic heterocycles. The summed E-state index contributed by atoms with van der Waals surface area (Å²) in [5.41, 5.74) is 5.49. The number of allylic oxidation sites excluding steroid dienone is 1. The van der Waals surface area contributed by atoms with Crippen LogP contribution in [0.15, 0.2) is 62.4 Å². The smallest absolute Gasteiger partial charge is 0.268 e. The highest BCUT2D eigenvalue weighted by molar-refractivity contribution is 6.45. The molecule has 0 saturated carbocycles. The van der Waals surface area contributed by atoms with E-state index in [0.717, 1.165) is 54.8 Å². The van der Waals surface area contributed by atoms with Crippen LogP contribution in [0.4, 0.5) is 0 Å². The third-order valence-corrected chi connectivity index (χ3v) is 6.66. The summed E-state index contributed by atoms with van der Waals surface area (Å²) in [6, 6.07) is 9.09. The number of aromatic nitrogens is 3. The van der Waals surface area contributed by atoms with Gasteiger partial charge in [-0.15, -0.1) is 10.2 Å². The highest BCUT2D eigenvalue weighted by Gasteiger charge is 2.20. The predicted octanol–water partition coefficient (Wildman–Crippen LogP) is 5.84. The number of pyridine rings is 1. The molecule has 1 atom stereocenters. The van der Waals surface area contributed by atoms with E-state index in [1.54, 1.807) is 30.7 Å². The highest BCUT2D eigenvalue weighted by atomic mass is 16.5. The molecule has 3 rings (SSSR count). The highest BCUT2D eigenvalue weighted by Crippen LogP contribution is 2.26. The number of nitrogens with one attached hydrogen (secondary N) is 2. The zero-order chi connectivity index (χ0) is 29.2. The molecule has 0 spiro atoms. The molecule has 2 N–H and O–H groups in total. The molecule has 1 aromatic carbocycles. The second-order valence-electron chi connectivity index (χ2n) is 10.3. The summed E-state index contributed by atoms with van der Waals surface area (Å²) in [6.45, 7) is 14.1. The Hall–Kier alpha value is -3.69. The second kappa shape index (κ2) is 14.6.